The third-order valence-electron chi connectivity index (χ3n) is 5.18. The highest BCUT2D eigenvalue weighted by molar-refractivity contribution is 6.06. The van der Waals surface area contributed by atoms with Gasteiger partial charge in [-0.1, -0.05) is 35.5 Å². The molecule has 2 aromatic heterocycles. The van der Waals surface area contributed by atoms with Gasteiger partial charge in [0.25, 0.3) is 0 Å². The van der Waals surface area contributed by atoms with Gasteiger partial charge in [-0.3, -0.25) is 0 Å². The molecule has 0 aliphatic heterocycles. The Hall–Kier alpha value is -3.60. The summed E-state index contributed by atoms with van der Waals surface area (Å²) in [5.74, 6) is 0.843. The van der Waals surface area contributed by atoms with Gasteiger partial charge in [-0.05, 0) is 48.9 Å². The molecule has 0 bridgehead atoms. The lowest BCUT2D eigenvalue weighted by Crippen LogP contribution is -2.07. The first kappa shape index (κ1) is 16.6. The van der Waals surface area contributed by atoms with E-state index in [-0.39, 0.29) is 6.04 Å². The van der Waals surface area contributed by atoms with Crippen molar-refractivity contribution in [2.24, 2.45) is 0 Å². The van der Waals surface area contributed by atoms with Crippen LogP contribution in [0.3, 0.4) is 0 Å². The lowest BCUT2D eigenvalue weighted by atomic mass is 10.1. The average Bonchev–Trinajstić information content (AvgIpc) is 3.38. The summed E-state index contributed by atoms with van der Waals surface area (Å²) >= 11 is 0. The third kappa shape index (κ3) is 2.72. The molecule has 138 valence electrons. The maximum absolute atomic E-state index is 5.91. The summed E-state index contributed by atoms with van der Waals surface area (Å²) < 4.78 is 13.0. The summed E-state index contributed by atoms with van der Waals surface area (Å²) in [6, 6.07) is 22.3. The lowest BCUT2D eigenvalue weighted by Gasteiger charge is -2.12. The zero-order chi connectivity index (χ0) is 19.1. The van der Waals surface area contributed by atoms with Gasteiger partial charge in [0, 0.05) is 16.3 Å². The van der Waals surface area contributed by atoms with Gasteiger partial charge in [-0.2, -0.15) is 0 Å². The van der Waals surface area contributed by atoms with Crippen molar-refractivity contribution in [3.8, 4) is 17.0 Å². The summed E-state index contributed by atoms with van der Waals surface area (Å²) in [6.07, 6.45) is 1.98. The predicted molar refractivity (Wildman–Crippen MR) is 110 cm³/mol. The largest absolute Gasteiger partial charge is 0.497 e. The monoisotopic (exact) mass is 369 g/mol. The van der Waals surface area contributed by atoms with Crippen molar-refractivity contribution >= 4 is 21.9 Å². The minimum Gasteiger partial charge on any atom is -0.497 e. The van der Waals surface area contributed by atoms with Gasteiger partial charge in [0.05, 0.1) is 19.3 Å². The standard InChI is InChI=1S/C23H19N3O2/c1-15(16-7-10-18(27-2)11-8-16)26-14-21(24-25-26)17-9-12-23-20(13-17)19-5-3-4-6-22(19)28-23/h3-15H,1-2H3. The normalized spacial score (nSPS) is 12.5. The molecule has 5 nitrogen and oxygen atoms in total. The fourth-order valence-electron chi connectivity index (χ4n) is 3.52. The number of furan rings is 1. The van der Waals surface area contributed by atoms with Crippen LogP contribution < -0.4 is 4.74 Å². The van der Waals surface area contributed by atoms with Crippen LogP contribution in [0, 0.1) is 0 Å². The summed E-state index contributed by atoms with van der Waals surface area (Å²) in [4.78, 5) is 0. The van der Waals surface area contributed by atoms with Crippen LogP contribution in [0.4, 0.5) is 0 Å². The Labute approximate surface area is 162 Å². The van der Waals surface area contributed by atoms with Crippen molar-refractivity contribution in [3.63, 3.8) is 0 Å². The van der Waals surface area contributed by atoms with Gasteiger partial charge in [0.1, 0.15) is 22.6 Å². The minimum atomic E-state index is 0.0747. The van der Waals surface area contributed by atoms with E-state index in [0.29, 0.717) is 0 Å². The van der Waals surface area contributed by atoms with Crippen LogP contribution in [0.25, 0.3) is 33.2 Å². The van der Waals surface area contributed by atoms with Crippen LogP contribution in [-0.2, 0) is 0 Å². The first-order valence-electron chi connectivity index (χ1n) is 9.20. The molecular formula is C23H19N3O2. The predicted octanol–water partition coefficient (Wildman–Crippen LogP) is 5.46. The smallest absolute Gasteiger partial charge is 0.135 e. The van der Waals surface area contributed by atoms with Crippen LogP contribution in [-0.4, -0.2) is 22.1 Å². The van der Waals surface area contributed by atoms with Crippen LogP contribution in [0.1, 0.15) is 18.5 Å². The van der Waals surface area contributed by atoms with E-state index in [1.807, 2.05) is 53.3 Å². The van der Waals surface area contributed by atoms with Crippen LogP contribution in [0.5, 0.6) is 5.75 Å². The van der Waals surface area contributed by atoms with Crippen LogP contribution in [0.2, 0.25) is 0 Å². The molecule has 5 rings (SSSR count). The third-order valence-corrected chi connectivity index (χ3v) is 5.18. The van der Waals surface area contributed by atoms with Gasteiger partial charge >= 0.3 is 0 Å². The number of hydrogen-bond acceptors (Lipinski definition) is 4. The molecule has 1 unspecified atom stereocenters. The van der Waals surface area contributed by atoms with E-state index in [1.54, 1.807) is 7.11 Å². The van der Waals surface area contributed by atoms with Gasteiger partial charge in [0.15, 0.2) is 0 Å². The summed E-state index contributed by atoms with van der Waals surface area (Å²) in [5, 5.41) is 10.9. The fraction of sp³-hybridized carbons (Fsp3) is 0.130. The first-order valence-corrected chi connectivity index (χ1v) is 9.20. The number of para-hydroxylation sites is 1. The second kappa shape index (κ2) is 6.53. The molecular weight excluding hydrogens is 350 g/mol. The summed E-state index contributed by atoms with van der Waals surface area (Å²) in [5.41, 5.74) is 4.78. The quantitative estimate of drug-likeness (QED) is 0.422. The van der Waals surface area contributed by atoms with Crippen molar-refractivity contribution in [1.82, 2.24) is 15.0 Å². The Kier molecular flexibility index (Phi) is 3.86. The maximum atomic E-state index is 5.91. The molecule has 0 amide bonds. The highest BCUT2D eigenvalue weighted by Crippen LogP contribution is 2.32. The highest BCUT2D eigenvalue weighted by atomic mass is 16.5. The van der Waals surface area contributed by atoms with Crippen molar-refractivity contribution in [3.05, 3.63) is 78.5 Å². The van der Waals surface area contributed by atoms with Crippen molar-refractivity contribution in [1.29, 1.82) is 0 Å². The van der Waals surface area contributed by atoms with Crippen LogP contribution in [0.15, 0.2) is 77.3 Å². The SMILES string of the molecule is COc1ccc(C(C)n2cc(-c3ccc4oc5ccccc5c4c3)nn2)cc1. The molecule has 5 aromatic rings. The van der Waals surface area contributed by atoms with E-state index in [2.05, 4.69) is 41.5 Å². The molecule has 0 spiro atoms. The fourth-order valence-corrected chi connectivity index (χ4v) is 3.52. The summed E-state index contributed by atoms with van der Waals surface area (Å²) in [6.45, 7) is 2.10. The zero-order valence-electron chi connectivity index (χ0n) is 15.7. The van der Waals surface area contributed by atoms with Gasteiger partial charge in [-0.25, -0.2) is 4.68 Å². The summed E-state index contributed by atoms with van der Waals surface area (Å²) in [7, 11) is 1.67. The Morgan fingerprint density at radius 3 is 2.54 bits per heavy atom. The Morgan fingerprint density at radius 2 is 1.71 bits per heavy atom. The molecule has 28 heavy (non-hydrogen) atoms. The minimum absolute atomic E-state index is 0.0747. The number of benzene rings is 3. The van der Waals surface area contributed by atoms with Crippen LogP contribution >= 0.6 is 0 Å². The van der Waals surface area contributed by atoms with E-state index >= 15 is 0 Å². The average molecular weight is 369 g/mol. The number of nitrogens with zero attached hydrogens (tertiary/aromatic N) is 3. The van der Waals surface area contributed by atoms with E-state index < -0.39 is 0 Å². The molecule has 3 aromatic carbocycles. The molecule has 0 saturated carbocycles. The molecule has 0 aliphatic rings. The highest BCUT2D eigenvalue weighted by Gasteiger charge is 2.13. The molecule has 0 N–H and O–H groups in total. The number of fused-ring (bicyclic) bond motifs is 3. The van der Waals surface area contributed by atoms with Gasteiger partial charge in [-0.15, -0.1) is 5.10 Å². The molecule has 1 atom stereocenters. The second-order valence-electron chi connectivity index (χ2n) is 6.84. The molecule has 0 aliphatic carbocycles. The van der Waals surface area contributed by atoms with Gasteiger partial charge in [0.2, 0.25) is 0 Å². The number of ether oxygens (including phenoxy) is 1. The van der Waals surface area contributed by atoms with E-state index in [1.165, 1.54) is 0 Å². The Balaban J connectivity index is 1.50. The van der Waals surface area contributed by atoms with E-state index in [9.17, 15) is 0 Å². The Bertz CT molecular complexity index is 1270. The molecule has 0 fully saturated rings. The van der Waals surface area contributed by atoms with E-state index in [4.69, 9.17) is 9.15 Å². The molecule has 0 radical (unpaired) electrons. The second-order valence-corrected chi connectivity index (χ2v) is 6.84. The first-order chi connectivity index (χ1) is 13.7. The molecule has 5 heteroatoms. The van der Waals surface area contributed by atoms with Crippen molar-refractivity contribution in [2.75, 3.05) is 7.11 Å². The molecule has 2 heterocycles. The van der Waals surface area contributed by atoms with E-state index in [0.717, 1.165) is 44.5 Å². The number of methoxy groups -OCH3 is 1. The zero-order valence-corrected chi connectivity index (χ0v) is 15.7. The maximum Gasteiger partial charge on any atom is 0.135 e. The number of rotatable bonds is 4. The van der Waals surface area contributed by atoms with Gasteiger partial charge < -0.3 is 9.15 Å². The van der Waals surface area contributed by atoms with Crippen molar-refractivity contribution in [2.45, 2.75) is 13.0 Å². The number of hydrogen-bond donors (Lipinski definition) is 0. The Morgan fingerprint density at radius 1 is 0.929 bits per heavy atom. The topological polar surface area (TPSA) is 53.1 Å². The molecule has 0 saturated heterocycles. The van der Waals surface area contributed by atoms with Crippen molar-refractivity contribution < 1.29 is 9.15 Å². The lowest BCUT2D eigenvalue weighted by molar-refractivity contribution is 0.414. The number of aromatic nitrogens is 3.